The summed E-state index contributed by atoms with van der Waals surface area (Å²) in [5, 5.41) is 6.85. The van der Waals surface area contributed by atoms with E-state index in [0.29, 0.717) is 5.41 Å². The lowest BCUT2D eigenvalue weighted by Crippen LogP contribution is -2.26. The smallest absolute Gasteiger partial charge is 0.00211 e. The molecule has 0 spiro atoms. The summed E-state index contributed by atoms with van der Waals surface area (Å²) in [7, 11) is 0. The highest BCUT2D eigenvalue weighted by atomic mass is 35.5. The van der Waals surface area contributed by atoms with Gasteiger partial charge in [-0.3, -0.25) is 0 Å². The molecule has 0 atom stereocenters. The average Bonchev–Trinajstić information content (AvgIpc) is 2.22. The Balaban J connectivity index is 0.000000500. The molecule has 0 saturated carbocycles. The molecule has 0 aromatic rings. The van der Waals surface area contributed by atoms with Crippen LogP contribution in [0.1, 0.15) is 6.92 Å². The summed E-state index contributed by atoms with van der Waals surface area (Å²) in [6.07, 6.45) is 0. The zero-order valence-electron chi connectivity index (χ0n) is 6.72. The van der Waals surface area contributed by atoms with Gasteiger partial charge in [0, 0.05) is 13.1 Å². The minimum Gasteiger partial charge on any atom is -0.316 e. The van der Waals surface area contributed by atoms with Gasteiger partial charge in [0.25, 0.3) is 0 Å². The first-order valence-corrected chi connectivity index (χ1v) is 3.73. The molecule has 2 N–H and O–H groups in total. The first-order chi connectivity index (χ1) is 4.31. The summed E-state index contributed by atoms with van der Waals surface area (Å²) in [5.74, 6) is 0.900. The monoisotopic (exact) mass is 198 g/mol. The summed E-state index contributed by atoms with van der Waals surface area (Å²) in [4.78, 5) is 0. The first-order valence-electron chi connectivity index (χ1n) is 3.73. The summed E-state index contributed by atoms with van der Waals surface area (Å²) in [6, 6.07) is 0. The molecule has 4 heteroatoms. The predicted octanol–water partition coefficient (Wildman–Crippen LogP) is 0.659. The summed E-state index contributed by atoms with van der Waals surface area (Å²) >= 11 is 0. The van der Waals surface area contributed by atoms with Crippen LogP contribution >= 0.6 is 24.8 Å². The second-order valence-corrected chi connectivity index (χ2v) is 3.61. The van der Waals surface area contributed by atoms with Crippen LogP contribution in [0.5, 0.6) is 0 Å². The largest absolute Gasteiger partial charge is 0.316 e. The fraction of sp³-hybridized carbons (Fsp3) is 1.00. The van der Waals surface area contributed by atoms with E-state index in [1.807, 2.05) is 0 Å². The third-order valence-corrected chi connectivity index (χ3v) is 2.82. The molecule has 0 aromatic carbocycles. The highest BCUT2D eigenvalue weighted by molar-refractivity contribution is 5.85. The van der Waals surface area contributed by atoms with Gasteiger partial charge in [-0.1, -0.05) is 6.92 Å². The molecule has 0 aromatic heterocycles. The van der Waals surface area contributed by atoms with E-state index in [0.717, 1.165) is 5.92 Å². The topological polar surface area (TPSA) is 24.1 Å². The van der Waals surface area contributed by atoms with Gasteiger partial charge in [-0.25, -0.2) is 0 Å². The van der Waals surface area contributed by atoms with Crippen LogP contribution in [0.3, 0.4) is 0 Å². The minimum atomic E-state index is 0. The van der Waals surface area contributed by atoms with Crippen molar-refractivity contribution in [3.63, 3.8) is 0 Å². The molecule has 0 bridgehead atoms. The Labute approximate surface area is 80.3 Å². The molecular formula is C7H16Cl2N2. The second kappa shape index (κ2) is 3.94. The number of fused-ring (bicyclic) bond motifs is 1. The summed E-state index contributed by atoms with van der Waals surface area (Å²) in [6.45, 7) is 7.25. The molecule has 2 aliphatic heterocycles. The Kier molecular flexibility index (Phi) is 4.12. The normalized spacial score (nSPS) is 40.6. The summed E-state index contributed by atoms with van der Waals surface area (Å²) in [5.41, 5.74) is 0.583. The molecule has 68 valence electrons. The molecule has 11 heavy (non-hydrogen) atoms. The van der Waals surface area contributed by atoms with Crippen LogP contribution in [0.25, 0.3) is 0 Å². The summed E-state index contributed by atoms with van der Waals surface area (Å²) < 4.78 is 0. The molecule has 2 saturated heterocycles. The molecule has 2 heterocycles. The van der Waals surface area contributed by atoms with Crippen molar-refractivity contribution in [1.82, 2.24) is 10.6 Å². The molecule has 0 radical (unpaired) electrons. The van der Waals surface area contributed by atoms with Gasteiger partial charge in [-0.05, 0) is 24.4 Å². The Morgan fingerprint density at radius 3 is 1.91 bits per heavy atom. The van der Waals surface area contributed by atoms with E-state index in [2.05, 4.69) is 17.6 Å². The number of halogens is 2. The van der Waals surface area contributed by atoms with Crippen molar-refractivity contribution in [1.29, 1.82) is 0 Å². The lowest BCUT2D eigenvalue weighted by atomic mass is 9.83. The Bertz CT molecular complexity index is 120. The van der Waals surface area contributed by atoms with E-state index in [9.17, 15) is 0 Å². The molecule has 0 unspecified atom stereocenters. The Morgan fingerprint density at radius 2 is 1.55 bits per heavy atom. The quantitative estimate of drug-likeness (QED) is 0.598. The lowest BCUT2D eigenvalue weighted by Gasteiger charge is -2.19. The second-order valence-electron chi connectivity index (χ2n) is 3.61. The molecule has 0 aliphatic carbocycles. The zero-order chi connectivity index (χ0) is 6.32. The highest BCUT2D eigenvalue weighted by Gasteiger charge is 2.41. The van der Waals surface area contributed by atoms with E-state index >= 15 is 0 Å². The molecule has 2 nitrogen and oxygen atoms in total. The number of hydrogen-bond donors (Lipinski definition) is 2. The van der Waals surface area contributed by atoms with E-state index < -0.39 is 0 Å². The van der Waals surface area contributed by atoms with Gasteiger partial charge in [0.1, 0.15) is 0 Å². The standard InChI is InChI=1S/C7H14N2.2ClH/c1-7-4-8-2-6(7)3-9-5-7;;/h6,8-9H,2-5H2,1H3;2*1H. The fourth-order valence-corrected chi connectivity index (χ4v) is 1.98. The zero-order valence-corrected chi connectivity index (χ0v) is 8.36. The van der Waals surface area contributed by atoms with Gasteiger partial charge in [-0.2, -0.15) is 0 Å². The van der Waals surface area contributed by atoms with Gasteiger partial charge in [0.15, 0.2) is 0 Å². The van der Waals surface area contributed by atoms with Crippen molar-refractivity contribution < 1.29 is 0 Å². The van der Waals surface area contributed by atoms with Gasteiger partial charge in [0.2, 0.25) is 0 Å². The van der Waals surface area contributed by atoms with Crippen LogP contribution in [0.15, 0.2) is 0 Å². The molecule has 2 aliphatic rings. The van der Waals surface area contributed by atoms with E-state index in [-0.39, 0.29) is 24.8 Å². The maximum atomic E-state index is 3.42. The molecular weight excluding hydrogens is 183 g/mol. The van der Waals surface area contributed by atoms with Crippen molar-refractivity contribution in [3.8, 4) is 0 Å². The van der Waals surface area contributed by atoms with Crippen molar-refractivity contribution in [2.45, 2.75) is 6.92 Å². The van der Waals surface area contributed by atoms with Crippen LogP contribution in [0, 0.1) is 11.3 Å². The molecule has 2 rings (SSSR count). The van der Waals surface area contributed by atoms with Crippen LogP contribution in [0.2, 0.25) is 0 Å². The van der Waals surface area contributed by atoms with Gasteiger partial charge in [-0.15, -0.1) is 24.8 Å². The van der Waals surface area contributed by atoms with Gasteiger partial charge < -0.3 is 10.6 Å². The maximum Gasteiger partial charge on any atom is 0.00211 e. The van der Waals surface area contributed by atoms with Gasteiger partial charge >= 0.3 is 0 Å². The lowest BCUT2D eigenvalue weighted by molar-refractivity contribution is 0.337. The highest BCUT2D eigenvalue weighted by Crippen LogP contribution is 2.33. The molecule has 0 amide bonds. The predicted molar refractivity (Wildman–Crippen MR) is 51.8 cm³/mol. The van der Waals surface area contributed by atoms with Gasteiger partial charge in [0.05, 0.1) is 0 Å². The third-order valence-electron chi connectivity index (χ3n) is 2.82. The maximum absolute atomic E-state index is 3.42. The number of rotatable bonds is 0. The van der Waals surface area contributed by atoms with E-state index in [1.54, 1.807) is 0 Å². The number of hydrogen-bond acceptors (Lipinski definition) is 2. The van der Waals surface area contributed by atoms with Crippen LogP contribution < -0.4 is 10.6 Å². The van der Waals surface area contributed by atoms with Crippen LogP contribution in [-0.2, 0) is 0 Å². The third kappa shape index (κ3) is 1.81. The van der Waals surface area contributed by atoms with Crippen molar-refractivity contribution in [3.05, 3.63) is 0 Å². The van der Waals surface area contributed by atoms with E-state index in [4.69, 9.17) is 0 Å². The minimum absolute atomic E-state index is 0. The van der Waals surface area contributed by atoms with Crippen LogP contribution in [-0.4, -0.2) is 26.2 Å². The average molecular weight is 199 g/mol. The number of nitrogens with one attached hydrogen (secondary N) is 2. The van der Waals surface area contributed by atoms with Crippen molar-refractivity contribution in [2.75, 3.05) is 26.2 Å². The first kappa shape index (κ1) is 11.5. The SMILES string of the molecule is CC12CNCC1CNC2.Cl.Cl. The van der Waals surface area contributed by atoms with Crippen molar-refractivity contribution >= 4 is 24.8 Å². The van der Waals surface area contributed by atoms with E-state index in [1.165, 1.54) is 26.2 Å². The van der Waals surface area contributed by atoms with Crippen molar-refractivity contribution in [2.24, 2.45) is 11.3 Å². The molecule has 2 fully saturated rings. The fourth-order valence-electron chi connectivity index (χ4n) is 1.98. The Hall–Kier alpha value is 0.500. The Morgan fingerprint density at radius 1 is 1.09 bits per heavy atom. The van der Waals surface area contributed by atoms with Crippen LogP contribution in [0.4, 0.5) is 0 Å².